The molecule has 0 atom stereocenters. The predicted molar refractivity (Wildman–Crippen MR) is 238 cm³/mol. The van der Waals surface area contributed by atoms with Crippen molar-refractivity contribution in [1.82, 2.24) is 0 Å². The van der Waals surface area contributed by atoms with E-state index in [-0.39, 0.29) is 5.41 Å². The van der Waals surface area contributed by atoms with Crippen LogP contribution in [-0.4, -0.2) is 0 Å². The molecule has 11 rings (SSSR count). The van der Waals surface area contributed by atoms with E-state index in [1.807, 2.05) is 0 Å². The van der Waals surface area contributed by atoms with E-state index >= 15 is 0 Å². The fourth-order valence-electron chi connectivity index (χ4n) is 9.27. The van der Waals surface area contributed by atoms with Crippen molar-refractivity contribution in [2.75, 3.05) is 4.90 Å². The first-order valence-corrected chi connectivity index (χ1v) is 19.8. The molecule has 57 heavy (non-hydrogen) atoms. The van der Waals surface area contributed by atoms with Gasteiger partial charge in [-0.1, -0.05) is 166 Å². The lowest BCUT2D eigenvalue weighted by molar-refractivity contribution is 0.489. The Kier molecular flexibility index (Phi) is 7.55. The van der Waals surface area contributed by atoms with Crippen LogP contribution in [0.15, 0.2) is 200 Å². The van der Waals surface area contributed by atoms with Crippen LogP contribution in [0.25, 0.3) is 66.4 Å². The molecule has 0 saturated carbocycles. The maximum atomic E-state index is 7.39. The van der Waals surface area contributed by atoms with E-state index in [0.29, 0.717) is 0 Å². The van der Waals surface area contributed by atoms with Gasteiger partial charge in [0.2, 0.25) is 0 Å². The molecule has 1 aliphatic heterocycles. The summed E-state index contributed by atoms with van der Waals surface area (Å²) >= 11 is 0. The Bertz CT molecular complexity index is 3020. The molecule has 1 heterocycles. The van der Waals surface area contributed by atoms with Gasteiger partial charge < -0.3 is 9.64 Å². The van der Waals surface area contributed by atoms with E-state index in [4.69, 9.17) is 4.74 Å². The predicted octanol–water partition coefficient (Wildman–Crippen LogP) is 15.4. The van der Waals surface area contributed by atoms with Crippen LogP contribution in [0.5, 0.6) is 11.5 Å². The molecule has 0 amide bonds. The van der Waals surface area contributed by atoms with Crippen molar-refractivity contribution in [3.63, 3.8) is 0 Å². The van der Waals surface area contributed by atoms with Crippen LogP contribution in [0.2, 0.25) is 0 Å². The summed E-state index contributed by atoms with van der Waals surface area (Å²) in [7, 11) is 0. The van der Waals surface area contributed by atoms with E-state index < -0.39 is 0 Å². The topological polar surface area (TPSA) is 12.5 Å². The van der Waals surface area contributed by atoms with Crippen molar-refractivity contribution in [1.29, 1.82) is 0 Å². The summed E-state index contributed by atoms with van der Waals surface area (Å²) in [5.41, 5.74) is 17.4. The minimum atomic E-state index is -0.156. The number of fused-ring (bicyclic) bond motifs is 9. The molecule has 270 valence electrons. The molecule has 9 aromatic carbocycles. The molecule has 2 aliphatic rings. The molecule has 0 unspecified atom stereocenters. The molecule has 2 heteroatoms. The van der Waals surface area contributed by atoms with Crippen molar-refractivity contribution in [3.8, 4) is 67.1 Å². The Morgan fingerprint density at radius 3 is 1.79 bits per heavy atom. The molecule has 0 aromatic heterocycles. The lowest BCUT2D eigenvalue weighted by Crippen LogP contribution is -2.17. The van der Waals surface area contributed by atoms with Gasteiger partial charge in [-0.05, 0) is 115 Å². The monoisotopic (exact) mass is 729 g/mol. The van der Waals surface area contributed by atoms with Crippen LogP contribution < -0.4 is 9.64 Å². The highest BCUT2D eigenvalue weighted by molar-refractivity contribution is 6.05. The highest BCUT2D eigenvalue weighted by Gasteiger charge is 2.36. The van der Waals surface area contributed by atoms with Gasteiger partial charge in [0, 0.05) is 27.9 Å². The lowest BCUT2D eigenvalue weighted by Gasteiger charge is -2.30. The van der Waals surface area contributed by atoms with E-state index in [0.717, 1.165) is 67.5 Å². The van der Waals surface area contributed by atoms with Crippen LogP contribution in [0.4, 0.5) is 17.1 Å². The number of hydrogen-bond donors (Lipinski definition) is 0. The van der Waals surface area contributed by atoms with Crippen LogP contribution in [0.3, 0.4) is 0 Å². The zero-order chi connectivity index (χ0) is 38.1. The fourth-order valence-corrected chi connectivity index (χ4v) is 9.27. The first-order chi connectivity index (χ1) is 28.0. The van der Waals surface area contributed by atoms with Gasteiger partial charge in [-0.15, -0.1) is 0 Å². The second-order valence-corrected chi connectivity index (χ2v) is 15.7. The maximum absolute atomic E-state index is 7.39. The van der Waals surface area contributed by atoms with Gasteiger partial charge >= 0.3 is 0 Å². The average Bonchev–Trinajstić information content (AvgIpc) is 3.39. The van der Waals surface area contributed by atoms with Crippen molar-refractivity contribution >= 4 is 27.8 Å². The molecule has 1 aliphatic carbocycles. The average molecular weight is 730 g/mol. The summed E-state index contributed by atoms with van der Waals surface area (Å²) in [5.74, 6) is 1.66. The molecular weight excluding hydrogens is 691 g/mol. The molecular formula is C55H39NO. The SMILES string of the molecule is CC1(C)c2ccccc2-c2ccc(N(c3cccc(-c4ccccc4)c3)c3cccc4c3Oc3cccc(-c5ccccc5)c3-c3cc5ccccc5cc3-4)cc21. The molecule has 0 spiro atoms. The van der Waals surface area contributed by atoms with Gasteiger partial charge in [0.1, 0.15) is 5.75 Å². The number of benzene rings is 9. The largest absolute Gasteiger partial charge is 0.454 e. The normalized spacial score (nSPS) is 13.0. The second kappa shape index (κ2) is 13.0. The highest BCUT2D eigenvalue weighted by atomic mass is 16.5. The molecule has 2 nitrogen and oxygen atoms in total. The standard InChI is InChI=1S/C55H39NO/c1-55(2)49-27-12-11-24-44(49)45-31-30-42(35-50(45)55)56(41-23-13-22-38(32-41)36-16-5-3-6-17-36)51-28-14-26-46-47-33-39-20-9-10-21-40(39)34-48(47)53-43(37-18-7-4-8-19-37)25-15-29-52(53)57-54(46)51/h3-35H,1-2H3. The Labute approximate surface area is 333 Å². The van der Waals surface area contributed by atoms with E-state index in [2.05, 4.69) is 219 Å². The molecule has 0 bridgehead atoms. The van der Waals surface area contributed by atoms with E-state index in [9.17, 15) is 0 Å². The quantitative estimate of drug-likeness (QED) is 0.175. The molecule has 0 saturated heterocycles. The number of rotatable bonds is 5. The smallest absolute Gasteiger partial charge is 0.159 e. The Morgan fingerprint density at radius 2 is 0.982 bits per heavy atom. The fraction of sp³-hybridized carbons (Fsp3) is 0.0545. The summed E-state index contributed by atoms with van der Waals surface area (Å²) in [6.07, 6.45) is 0. The molecule has 0 radical (unpaired) electrons. The zero-order valence-electron chi connectivity index (χ0n) is 31.9. The summed E-state index contributed by atoms with van der Waals surface area (Å²) in [4.78, 5) is 2.40. The van der Waals surface area contributed by atoms with Crippen LogP contribution >= 0.6 is 0 Å². The van der Waals surface area contributed by atoms with Crippen molar-refractivity contribution in [2.24, 2.45) is 0 Å². The highest BCUT2D eigenvalue weighted by Crippen LogP contribution is 2.56. The van der Waals surface area contributed by atoms with Crippen LogP contribution in [0, 0.1) is 0 Å². The van der Waals surface area contributed by atoms with Gasteiger partial charge in [-0.25, -0.2) is 0 Å². The zero-order valence-corrected chi connectivity index (χ0v) is 31.9. The van der Waals surface area contributed by atoms with Gasteiger partial charge in [0.05, 0.1) is 5.69 Å². The Morgan fingerprint density at radius 1 is 0.386 bits per heavy atom. The number of para-hydroxylation sites is 1. The van der Waals surface area contributed by atoms with Gasteiger partial charge in [0.15, 0.2) is 5.75 Å². The van der Waals surface area contributed by atoms with Crippen molar-refractivity contribution < 1.29 is 4.74 Å². The third kappa shape index (κ3) is 5.33. The number of ether oxygens (including phenoxy) is 1. The van der Waals surface area contributed by atoms with Crippen LogP contribution in [-0.2, 0) is 5.41 Å². The third-order valence-electron chi connectivity index (χ3n) is 12.0. The summed E-state index contributed by atoms with van der Waals surface area (Å²) in [5, 5.41) is 2.40. The van der Waals surface area contributed by atoms with E-state index in [1.165, 1.54) is 38.6 Å². The van der Waals surface area contributed by atoms with E-state index in [1.54, 1.807) is 0 Å². The lowest BCUT2D eigenvalue weighted by atomic mass is 9.82. The Balaban J connectivity index is 1.19. The summed E-state index contributed by atoms with van der Waals surface area (Å²) < 4.78 is 7.39. The molecule has 9 aromatic rings. The Hall–Kier alpha value is -7.16. The minimum absolute atomic E-state index is 0.156. The van der Waals surface area contributed by atoms with Gasteiger partial charge in [-0.3, -0.25) is 0 Å². The first-order valence-electron chi connectivity index (χ1n) is 19.8. The minimum Gasteiger partial charge on any atom is -0.454 e. The van der Waals surface area contributed by atoms with Crippen LogP contribution in [0.1, 0.15) is 25.0 Å². The van der Waals surface area contributed by atoms with Crippen molar-refractivity contribution in [2.45, 2.75) is 19.3 Å². The number of nitrogens with zero attached hydrogens (tertiary/aromatic N) is 1. The van der Waals surface area contributed by atoms with Gasteiger partial charge in [-0.2, -0.15) is 0 Å². The third-order valence-corrected chi connectivity index (χ3v) is 12.0. The first kappa shape index (κ1) is 33.2. The summed E-state index contributed by atoms with van der Waals surface area (Å²) in [6, 6.07) is 72.5. The van der Waals surface area contributed by atoms with Gasteiger partial charge in [0.25, 0.3) is 0 Å². The molecule has 0 N–H and O–H groups in total. The second-order valence-electron chi connectivity index (χ2n) is 15.7. The molecule has 0 fully saturated rings. The summed E-state index contributed by atoms with van der Waals surface area (Å²) in [6.45, 7) is 4.70. The number of hydrogen-bond acceptors (Lipinski definition) is 2. The van der Waals surface area contributed by atoms with Crippen molar-refractivity contribution in [3.05, 3.63) is 211 Å². The maximum Gasteiger partial charge on any atom is 0.159 e. The number of anilines is 3.